The Kier molecular flexibility index (Phi) is 11.8. The molecule has 7 rings (SSSR count). The van der Waals surface area contributed by atoms with Crippen LogP contribution >= 0.6 is 0 Å². The predicted molar refractivity (Wildman–Crippen MR) is 203 cm³/mol. The van der Waals surface area contributed by atoms with E-state index in [1.807, 2.05) is 29.2 Å². The Balaban J connectivity index is 0.785. The summed E-state index contributed by atoms with van der Waals surface area (Å²) in [6.07, 6.45) is 7.16. The van der Waals surface area contributed by atoms with Crippen LogP contribution in [-0.2, 0) is 14.4 Å². The number of rotatable bonds is 14. The van der Waals surface area contributed by atoms with Crippen molar-refractivity contribution in [3.63, 3.8) is 0 Å². The van der Waals surface area contributed by atoms with Gasteiger partial charge in [-0.15, -0.1) is 0 Å². The van der Waals surface area contributed by atoms with E-state index in [0.717, 1.165) is 69.1 Å². The second kappa shape index (κ2) is 17.2. The smallest absolute Gasteiger partial charge is 0.256 e. The van der Waals surface area contributed by atoms with Crippen molar-refractivity contribution in [2.45, 2.75) is 57.0 Å². The van der Waals surface area contributed by atoms with E-state index in [-0.39, 0.29) is 35.2 Å². The normalized spacial score (nSPS) is 19.1. The minimum Gasteiger partial charge on any atom is -0.374 e. The Morgan fingerprint density at radius 2 is 1.71 bits per heavy atom. The van der Waals surface area contributed by atoms with E-state index >= 15 is 0 Å². The number of nitrogens with one attached hydrogen (secondary N) is 4. The molecule has 3 saturated heterocycles. The molecule has 2 atom stereocenters. The summed E-state index contributed by atoms with van der Waals surface area (Å²) in [6, 6.07) is 12.5. The molecule has 4 amide bonds. The third-order valence-corrected chi connectivity index (χ3v) is 10.5. The Morgan fingerprint density at radius 3 is 2.51 bits per heavy atom. The molecule has 0 aliphatic carbocycles. The van der Waals surface area contributed by atoms with Crippen LogP contribution in [0.25, 0.3) is 5.65 Å². The first-order valence-corrected chi connectivity index (χ1v) is 19.0. The fraction of sp³-hybridized carbons (Fsp3) is 0.436. The van der Waals surface area contributed by atoms with Crippen LogP contribution in [0.1, 0.15) is 66.9 Å². The number of hydrogen-bond acceptors (Lipinski definition) is 10. The van der Waals surface area contributed by atoms with E-state index in [1.54, 1.807) is 12.3 Å². The molecule has 55 heavy (non-hydrogen) atoms. The molecule has 16 heteroatoms. The molecule has 3 fully saturated rings. The summed E-state index contributed by atoms with van der Waals surface area (Å²) < 4.78 is 30.1. The lowest BCUT2D eigenvalue weighted by atomic mass is 10.0. The Labute approximate surface area is 317 Å². The number of carbonyl (C=O) groups is 4. The van der Waals surface area contributed by atoms with E-state index in [1.165, 1.54) is 16.8 Å². The molecule has 0 bridgehead atoms. The second-order valence-electron chi connectivity index (χ2n) is 14.2. The van der Waals surface area contributed by atoms with Crippen molar-refractivity contribution in [1.82, 2.24) is 35.4 Å². The van der Waals surface area contributed by atoms with E-state index in [9.17, 15) is 28.0 Å². The van der Waals surface area contributed by atoms with Crippen molar-refractivity contribution in [1.29, 1.82) is 0 Å². The van der Waals surface area contributed by atoms with Crippen LogP contribution in [0.5, 0.6) is 0 Å². The van der Waals surface area contributed by atoms with Crippen LogP contribution in [0.2, 0.25) is 0 Å². The lowest BCUT2D eigenvalue weighted by molar-refractivity contribution is -0.133. The molecule has 3 aliphatic heterocycles. The van der Waals surface area contributed by atoms with Crippen LogP contribution in [0.3, 0.4) is 0 Å². The van der Waals surface area contributed by atoms with Crippen molar-refractivity contribution in [2.24, 2.45) is 0 Å². The highest BCUT2D eigenvalue weighted by Gasteiger charge is 2.30. The number of piperazine rings is 1. The Morgan fingerprint density at radius 1 is 0.909 bits per heavy atom. The van der Waals surface area contributed by atoms with Gasteiger partial charge in [0.05, 0.1) is 12.2 Å². The Bertz CT molecular complexity index is 2020. The summed E-state index contributed by atoms with van der Waals surface area (Å²) in [6.45, 7) is 5.79. The zero-order valence-corrected chi connectivity index (χ0v) is 30.6. The number of carbonyl (C=O) groups excluding carboxylic acids is 4. The van der Waals surface area contributed by atoms with E-state index in [0.29, 0.717) is 68.8 Å². The molecule has 2 aromatic carbocycles. The molecule has 1 unspecified atom stereocenters. The highest BCUT2D eigenvalue weighted by atomic mass is 19.1. The number of piperidine rings is 1. The number of hydrogen-bond donors (Lipinski definition) is 4. The van der Waals surface area contributed by atoms with Gasteiger partial charge in [0, 0.05) is 81.8 Å². The molecule has 5 heterocycles. The zero-order chi connectivity index (χ0) is 38.3. The van der Waals surface area contributed by atoms with Crippen molar-refractivity contribution in [3.05, 3.63) is 83.7 Å². The average Bonchev–Trinajstić information content (AvgIpc) is 3.85. The van der Waals surface area contributed by atoms with Crippen LogP contribution in [-0.4, -0.2) is 102 Å². The Hall–Kier alpha value is -5.64. The van der Waals surface area contributed by atoms with Crippen molar-refractivity contribution in [3.8, 4) is 0 Å². The number of aromatic nitrogens is 3. The monoisotopic (exact) mass is 756 g/mol. The summed E-state index contributed by atoms with van der Waals surface area (Å²) in [5, 5.41) is 15.7. The third-order valence-electron chi connectivity index (χ3n) is 10.5. The number of benzene rings is 2. The predicted octanol–water partition coefficient (Wildman–Crippen LogP) is 3.40. The van der Waals surface area contributed by atoms with Crippen LogP contribution in [0, 0.1) is 11.6 Å². The SMILES string of the molecule is O=C(CCCN1CCN(c2ccc(NC3CCC(=O)NC3=O)cc2)CC1)NCCCNC(=O)c1cnn2ccc(N3CCC[C@@H]3c3cc(F)ccc3F)nc12. The van der Waals surface area contributed by atoms with Crippen LogP contribution in [0.15, 0.2) is 60.9 Å². The lowest BCUT2D eigenvalue weighted by Gasteiger charge is -2.36. The van der Waals surface area contributed by atoms with Gasteiger partial charge < -0.3 is 25.8 Å². The van der Waals surface area contributed by atoms with Gasteiger partial charge >= 0.3 is 0 Å². The van der Waals surface area contributed by atoms with Gasteiger partial charge in [0.1, 0.15) is 29.1 Å². The quantitative estimate of drug-likeness (QED) is 0.111. The van der Waals surface area contributed by atoms with Crippen molar-refractivity contribution >= 4 is 46.5 Å². The molecule has 290 valence electrons. The number of imide groups is 1. The van der Waals surface area contributed by atoms with Gasteiger partial charge in [-0.2, -0.15) is 5.10 Å². The van der Waals surface area contributed by atoms with Crippen molar-refractivity contribution < 1.29 is 28.0 Å². The van der Waals surface area contributed by atoms with Gasteiger partial charge in [-0.1, -0.05) is 0 Å². The highest BCUT2D eigenvalue weighted by molar-refractivity contribution is 6.01. The minimum absolute atomic E-state index is 0.0198. The second-order valence-corrected chi connectivity index (χ2v) is 14.2. The van der Waals surface area contributed by atoms with Gasteiger partial charge in [-0.25, -0.2) is 18.3 Å². The topological polar surface area (TPSA) is 156 Å². The largest absolute Gasteiger partial charge is 0.374 e. The van der Waals surface area contributed by atoms with Gasteiger partial charge in [-0.3, -0.25) is 29.4 Å². The van der Waals surface area contributed by atoms with Gasteiger partial charge in [0.15, 0.2) is 5.65 Å². The molecule has 0 spiro atoms. The summed E-state index contributed by atoms with van der Waals surface area (Å²) in [5.41, 5.74) is 2.91. The molecule has 14 nitrogen and oxygen atoms in total. The van der Waals surface area contributed by atoms with E-state index in [4.69, 9.17) is 4.98 Å². The summed E-state index contributed by atoms with van der Waals surface area (Å²) in [4.78, 5) is 60.3. The molecule has 0 radical (unpaired) electrons. The molecule has 3 aliphatic rings. The molecular weight excluding hydrogens is 710 g/mol. The molecule has 2 aromatic heterocycles. The van der Waals surface area contributed by atoms with E-state index < -0.39 is 17.7 Å². The maximum Gasteiger partial charge on any atom is 0.256 e. The number of nitrogens with zero attached hydrogens (tertiary/aromatic N) is 6. The summed E-state index contributed by atoms with van der Waals surface area (Å²) in [5.74, 6) is -1.27. The molecular formula is C39H46F2N10O4. The average molecular weight is 757 g/mol. The fourth-order valence-electron chi connectivity index (χ4n) is 7.51. The summed E-state index contributed by atoms with van der Waals surface area (Å²) in [7, 11) is 0. The highest BCUT2D eigenvalue weighted by Crippen LogP contribution is 2.37. The lowest BCUT2D eigenvalue weighted by Crippen LogP contribution is -2.47. The first-order valence-electron chi connectivity index (χ1n) is 19.0. The maximum absolute atomic E-state index is 14.6. The first-order chi connectivity index (χ1) is 26.7. The number of halogens is 2. The molecule has 0 saturated carbocycles. The minimum atomic E-state index is -0.493. The molecule has 4 N–H and O–H groups in total. The summed E-state index contributed by atoms with van der Waals surface area (Å²) >= 11 is 0. The van der Waals surface area contributed by atoms with Gasteiger partial charge in [0.25, 0.3) is 5.91 Å². The zero-order valence-electron chi connectivity index (χ0n) is 30.6. The molecule has 4 aromatic rings. The van der Waals surface area contributed by atoms with Gasteiger partial charge in [0.2, 0.25) is 17.7 Å². The van der Waals surface area contributed by atoms with Crippen LogP contribution < -0.4 is 31.1 Å². The number of amides is 4. The maximum atomic E-state index is 14.6. The van der Waals surface area contributed by atoms with Gasteiger partial charge in [-0.05, 0) is 87.2 Å². The van der Waals surface area contributed by atoms with E-state index in [2.05, 4.69) is 36.2 Å². The van der Waals surface area contributed by atoms with Crippen molar-refractivity contribution in [2.75, 3.05) is 67.5 Å². The number of anilines is 3. The number of fused-ring (bicyclic) bond motifs is 1. The van der Waals surface area contributed by atoms with Crippen LogP contribution in [0.4, 0.5) is 26.0 Å². The fourth-order valence-corrected chi connectivity index (χ4v) is 7.51. The first kappa shape index (κ1) is 37.7. The standard InChI is InChI=1S/C39H46F2N10O4/c40-26-6-11-31(41)29(24-26)33-4-1-18-50(33)34-14-19-51-37(46-34)30(25-44-51)38(54)43-16-3-15-42-35(52)5-2-17-48-20-22-49(23-21-48)28-9-7-27(8-10-28)45-32-12-13-36(53)47-39(32)55/h6-11,14,19,24-25,32-33,45H,1-5,12-13,15-18,20-23H2,(H,42,52)(H,43,54)(H,47,53,55)/t32?,33-/m1/s1. The third kappa shape index (κ3) is 9.19.